The van der Waals surface area contributed by atoms with Crippen molar-refractivity contribution >= 4 is 38.1 Å². The predicted molar refractivity (Wildman–Crippen MR) is 127 cm³/mol. The molecule has 0 fully saturated rings. The maximum Gasteiger partial charge on any atom is 0.271 e. The summed E-state index contributed by atoms with van der Waals surface area (Å²) >= 11 is 0. The summed E-state index contributed by atoms with van der Waals surface area (Å²) in [5.41, 5.74) is -0.207. The van der Waals surface area contributed by atoms with E-state index in [2.05, 4.69) is 5.32 Å². The van der Waals surface area contributed by atoms with Gasteiger partial charge in [-0.1, -0.05) is 43.3 Å². The topological polar surface area (TPSA) is 119 Å². The van der Waals surface area contributed by atoms with Gasteiger partial charge in [0.25, 0.3) is 5.69 Å². The zero-order valence-electron chi connectivity index (χ0n) is 18.3. The molecule has 1 N–H and O–H groups in total. The number of hydrogen-bond acceptors (Lipinski definition) is 6. The molecule has 0 aromatic heterocycles. The molecule has 0 aliphatic carbocycles. The SMILES string of the molecule is CC[C@H](C(=O)NCCOc1ccc2ccccc2c1)N(c1cccc([N+](=O)[O-])c1)S(C)(=O)=O. The largest absolute Gasteiger partial charge is 0.492 e. The molecule has 0 saturated carbocycles. The van der Waals surface area contributed by atoms with Crippen molar-refractivity contribution in [3.8, 4) is 5.75 Å². The number of nitro benzene ring substituents is 1. The first kappa shape index (κ1) is 24.0. The number of sulfonamides is 1. The summed E-state index contributed by atoms with van der Waals surface area (Å²) in [6, 6.07) is 17.7. The summed E-state index contributed by atoms with van der Waals surface area (Å²) in [4.78, 5) is 23.3. The van der Waals surface area contributed by atoms with Gasteiger partial charge >= 0.3 is 0 Å². The molecule has 0 saturated heterocycles. The minimum atomic E-state index is -3.89. The van der Waals surface area contributed by atoms with Crippen molar-refractivity contribution in [3.63, 3.8) is 0 Å². The van der Waals surface area contributed by atoms with Crippen molar-refractivity contribution in [1.29, 1.82) is 0 Å². The van der Waals surface area contributed by atoms with Gasteiger partial charge in [0.05, 0.1) is 23.4 Å². The monoisotopic (exact) mass is 471 g/mol. The molecule has 174 valence electrons. The summed E-state index contributed by atoms with van der Waals surface area (Å²) in [5.74, 6) is 0.140. The predicted octanol–water partition coefficient (Wildman–Crippen LogP) is 3.49. The van der Waals surface area contributed by atoms with Gasteiger partial charge in [-0.15, -0.1) is 0 Å². The van der Waals surface area contributed by atoms with Gasteiger partial charge in [-0.2, -0.15) is 0 Å². The molecule has 1 atom stereocenters. The van der Waals surface area contributed by atoms with Crippen LogP contribution in [0.15, 0.2) is 66.7 Å². The number of nitro groups is 1. The van der Waals surface area contributed by atoms with Crippen LogP contribution in [0, 0.1) is 10.1 Å². The lowest BCUT2D eigenvalue weighted by Gasteiger charge is -2.30. The summed E-state index contributed by atoms with van der Waals surface area (Å²) < 4.78 is 31.6. The van der Waals surface area contributed by atoms with Gasteiger partial charge in [0, 0.05) is 12.1 Å². The lowest BCUT2D eigenvalue weighted by Crippen LogP contribution is -2.50. The van der Waals surface area contributed by atoms with Crippen LogP contribution in [0.2, 0.25) is 0 Å². The second-order valence-electron chi connectivity index (χ2n) is 7.41. The number of carbonyl (C=O) groups excluding carboxylic acids is 1. The van der Waals surface area contributed by atoms with E-state index in [1.54, 1.807) is 6.92 Å². The first-order valence-corrected chi connectivity index (χ1v) is 12.2. The number of rotatable bonds is 10. The summed E-state index contributed by atoms with van der Waals surface area (Å²) in [6.07, 6.45) is 1.14. The number of nitrogens with one attached hydrogen (secondary N) is 1. The Labute approximate surface area is 192 Å². The van der Waals surface area contributed by atoms with E-state index in [0.717, 1.165) is 27.4 Å². The standard InChI is InChI=1S/C23H25N3O6S/c1-3-22(25(33(2,30)31)19-9-6-10-20(16-19)26(28)29)23(27)24-13-14-32-21-12-11-17-7-4-5-8-18(17)15-21/h4-12,15-16,22H,3,13-14H2,1-2H3,(H,24,27)/t22-/m1/s1. The maximum absolute atomic E-state index is 12.8. The fourth-order valence-corrected chi connectivity index (χ4v) is 4.73. The highest BCUT2D eigenvalue weighted by Gasteiger charge is 2.32. The van der Waals surface area contributed by atoms with E-state index in [-0.39, 0.29) is 30.9 Å². The fourth-order valence-electron chi connectivity index (χ4n) is 3.52. The number of nitrogens with zero attached hydrogens (tertiary/aromatic N) is 2. The van der Waals surface area contributed by atoms with Crippen molar-refractivity contribution in [2.24, 2.45) is 0 Å². The van der Waals surface area contributed by atoms with E-state index in [9.17, 15) is 23.3 Å². The number of benzene rings is 3. The molecule has 0 heterocycles. The van der Waals surface area contributed by atoms with E-state index in [1.165, 1.54) is 18.2 Å². The molecule has 0 radical (unpaired) electrons. The van der Waals surface area contributed by atoms with Crippen LogP contribution in [-0.2, 0) is 14.8 Å². The molecule has 0 aliphatic heterocycles. The normalized spacial score (nSPS) is 12.2. The van der Waals surface area contributed by atoms with Gasteiger partial charge in [-0.05, 0) is 35.4 Å². The minimum absolute atomic E-state index is 0.0566. The van der Waals surface area contributed by atoms with E-state index in [0.29, 0.717) is 5.75 Å². The van der Waals surface area contributed by atoms with Gasteiger partial charge in [0.15, 0.2) is 0 Å². The van der Waals surface area contributed by atoms with Crippen LogP contribution in [0.4, 0.5) is 11.4 Å². The smallest absolute Gasteiger partial charge is 0.271 e. The number of non-ortho nitro benzene ring substituents is 1. The van der Waals surface area contributed by atoms with E-state index in [4.69, 9.17) is 4.74 Å². The third kappa shape index (κ3) is 5.98. The van der Waals surface area contributed by atoms with Gasteiger partial charge in [-0.25, -0.2) is 8.42 Å². The highest BCUT2D eigenvalue weighted by atomic mass is 32.2. The molecule has 0 bridgehead atoms. The Morgan fingerprint density at radius 2 is 1.82 bits per heavy atom. The minimum Gasteiger partial charge on any atom is -0.492 e. The Balaban J connectivity index is 1.67. The number of anilines is 1. The second-order valence-corrected chi connectivity index (χ2v) is 9.27. The molecule has 9 nitrogen and oxygen atoms in total. The molecule has 0 unspecified atom stereocenters. The van der Waals surface area contributed by atoms with Crippen molar-refractivity contribution in [2.45, 2.75) is 19.4 Å². The lowest BCUT2D eigenvalue weighted by molar-refractivity contribution is -0.384. The molecular weight excluding hydrogens is 446 g/mol. The molecule has 3 rings (SSSR count). The Kier molecular flexibility index (Phi) is 7.49. The zero-order chi connectivity index (χ0) is 24.0. The van der Waals surface area contributed by atoms with E-state index in [1.807, 2.05) is 42.5 Å². The number of ether oxygens (including phenoxy) is 1. The fraction of sp³-hybridized carbons (Fsp3) is 0.261. The van der Waals surface area contributed by atoms with Crippen molar-refractivity contribution in [1.82, 2.24) is 5.32 Å². The quantitative estimate of drug-likeness (QED) is 0.275. The average molecular weight is 472 g/mol. The Hall–Kier alpha value is -3.66. The third-order valence-electron chi connectivity index (χ3n) is 5.02. The first-order chi connectivity index (χ1) is 15.7. The number of fused-ring (bicyclic) bond motifs is 1. The number of hydrogen-bond donors (Lipinski definition) is 1. The van der Waals surface area contributed by atoms with Crippen LogP contribution in [0.25, 0.3) is 10.8 Å². The molecule has 10 heteroatoms. The summed E-state index contributed by atoms with van der Waals surface area (Å²) in [5, 5.41) is 15.9. The third-order valence-corrected chi connectivity index (χ3v) is 6.20. The second kappa shape index (κ2) is 10.3. The molecule has 33 heavy (non-hydrogen) atoms. The zero-order valence-corrected chi connectivity index (χ0v) is 19.1. The average Bonchev–Trinajstić information content (AvgIpc) is 2.79. The van der Waals surface area contributed by atoms with Crippen LogP contribution < -0.4 is 14.4 Å². The van der Waals surface area contributed by atoms with Crippen LogP contribution >= 0.6 is 0 Å². The van der Waals surface area contributed by atoms with Crippen molar-refractivity contribution in [3.05, 3.63) is 76.8 Å². The molecule has 0 spiro atoms. The number of amides is 1. The highest BCUT2D eigenvalue weighted by molar-refractivity contribution is 7.92. The first-order valence-electron chi connectivity index (χ1n) is 10.3. The van der Waals surface area contributed by atoms with Crippen molar-refractivity contribution in [2.75, 3.05) is 23.7 Å². The Bertz CT molecular complexity index is 1260. The molecule has 0 aliphatic rings. The maximum atomic E-state index is 12.8. The van der Waals surface area contributed by atoms with Gasteiger partial charge in [-0.3, -0.25) is 19.2 Å². The lowest BCUT2D eigenvalue weighted by atomic mass is 10.1. The van der Waals surface area contributed by atoms with Gasteiger partial charge < -0.3 is 10.1 Å². The Morgan fingerprint density at radius 1 is 1.09 bits per heavy atom. The van der Waals surface area contributed by atoms with Gasteiger partial charge in [0.2, 0.25) is 15.9 Å². The van der Waals surface area contributed by atoms with Gasteiger partial charge in [0.1, 0.15) is 18.4 Å². The van der Waals surface area contributed by atoms with Crippen LogP contribution in [0.3, 0.4) is 0 Å². The molecule has 3 aromatic rings. The molecular formula is C23H25N3O6S. The molecule has 3 aromatic carbocycles. The van der Waals surface area contributed by atoms with E-state index >= 15 is 0 Å². The summed E-state index contributed by atoms with van der Waals surface area (Å²) in [7, 11) is -3.89. The van der Waals surface area contributed by atoms with E-state index < -0.39 is 26.9 Å². The number of carbonyl (C=O) groups is 1. The Morgan fingerprint density at radius 3 is 2.48 bits per heavy atom. The van der Waals surface area contributed by atoms with Crippen molar-refractivity contribution < 1.29 is 22.9 Å². The highest BCUT2D eigenvalue weighted by Crippen LogP contribution is 2.26. The van der Waals surface area contributed by atoms with Crippen LogP contribution in [-0.4, -0.2) is 44.7 Å². The van der Waals surface area contributed by atoms with Crippen LogP contribution in [0.1, 0.15) is 13.3 Å². The van der Waals surface area contributed by atoms with Crippen LogP contribution in [0.5, 0.6) is 5.75 Å². The molecule has 1 amide bonds. The summed E-state index contributed by atoms with van der Waals surface area (Å²) in [6.45, 7) is 2.02.